The molecule has 0 atom stereocenters. The number of carbonyl (C=O) groups is 1. The molecule has 0 radical (unpaired) electrons. The largest absolute Gasteiger partial charge is 0.456 e. The fraction of sp³-hybridized carbons (Fsp3) is 0.105. The number of amides is 1. The molecule has 0 unspecified atom stereocenters. The Morgan fingerprint density at radius 2 is 2.12 bits per heavy atom. The number of anilines is 1. The Morgan fingerprint density at radius 3 is 2.92 bits per heavy atom. The van der Waals surface area contributed by atoms with Crippen LogP contribution < -0.4 is 10.1 Å². The van der Waals surface area contributed by atoms with Gasteiger partial charge in [-0.05, 0) is 35.4 Å². The summed E-state index contributed by atoms with van der Waals surface area (Å²) in [7, 11) is 0. The van der Waals surface area contributed by atoms with Crippen molar-refractivity contribution in [2.24, 2.45) is 0 Å². The maximum absolute atomic E-state index is 12.4. The van der Waals surface area contributed by atoms with E-state index in [-0.39, 0.29) is 5.91 Å². The highest BCUT2D eigenvalue weighted by atomic mass is 32.2. The Morgan fingerprint density at radius 1 is 1.27 bits per heavy atom. The lowest BCUT2D eigenvalue weighted by atomic mass is 10.1. The van der Waals surface area contributed by atoms with Crippen LogP contribution in [0, 0.1) is 0 Å². The smallest absolute Gasteiger partial charge is 0.257 e. The SMILES string of the molecule is CCSc1ncc2c(n1)NC(=O)C2=Cc1sccc1Oc1ccccc1. The van der Waals surface area contributed by atoms with Gasteiger partial charge in [0.2, 0.25) is 0 Å². The van der Waals surface area contributed by atoms with Crippen molar-refractivity contribution in [3.05, 3.63) is 58.4 Å². The number of thiophene rings is 1. The number of benzene rings is 1. The molecule has 130 valence electrons. The molecular weight excluding hydrogens is 366 g/mol. The molecule has 1 N–H and O–H groups in total. The Balaban J connectivity index is 1.66. The molecule has 0 fully saturated rings. The number of rotatable bonds is 5. The molecule has 3 aromatic rings. The molecule has 1 aliphatic rings. The van der Waals surface area contributed by atoms with Crippen LogP contribution in [0.5, 0.6) is 11.5 Å². The van der Waals surface area contributed by atoms with Gasteiger partial charge >= 0.3 is 0 Å². The van der Waals surface area contributed by atoms with Crippen molar-refractivity contribution in [3.8, 4) is 11.5 Å². The zero-order chi connectivity index (χ0) is 17.9. The van der Waals surface area contributed by atoms with Crippen LogP contribution in [0.1, 0.15) is 17.4 Å². The summed E-state index contributed by atoms with van der Waals surface area (Å²) >= 11 is 3.06. The average Bonchev–Trinajstić information content (AvgIpc) is 3.20. The number of hydrogen-bond donors (Lipinski definition) is 1. The number of hydrogen-bond acceptors (Lipinski definition) is 6. The van der Waals surface area contributed by atoms with Crippen LogP contribution in [0.3, 0.4) is 0 Å². The molecule has 1 amide bonds. The molecule has 4 rings (SSSR count). The first kappa shape index (κ1) is 16.8. The predicted molar refractivity (Wildman–Crippen MR) is 106 cm³/mol. The Kier molecular flexibility index (Phi) is 4.73. The summed E-state index contributed by atoms with van der Waals surface area (Å²) < 4.78 is 5.93. The zero-order valence-corrected chi connectivity index (χ0v) is 15.6. The molecule has 5 nitrogen and oxygen atoms in total. The van der Waals surface area contributed by atoms with Gasteiger partial charge in [-0.1, -0.05) is 36.9 Å². The fourth-order valence-corrected chi connectivity index (χ4v) is 3.83. The summed E-state index contributed by atoms with van der Waals surface area (Å²) in [5, 5.41) is 5.42. The first-order valence-corrected chi connectivity index (χ1v) is 9.95. The molecule has 0 bridgehead atoms. The van der Waals surface area contributed by atoms with Crippen molar-refractivity contribution in [2.75, 3.05) is 11.1 Å². The molecule has 7 heteroatoms. The second-order valence-electron chi connectivity index (χ2n) is 5.42. The third-order valence-corrected chi connectivity index (χ3v) is 5.30. The number of fused-ring (bicyclic) bond motifs is 1. The summed E-state index contributed by atoms with van der Waals surface area (Å²) in [6, 6.07) is 11.5. The molecule has 1 aromatic carbocycles. The topological polar surface area (TPSA) is 64.1 Å². The highest BCUT2D eigenvalue weighted by Gasteiger charge is 2.27. The van der Waals surface area contributed by atoms with Crippen LogP contribution in [0.15, 0.2) is 53.1 Å². The quantitative estimate of drug-likeness (QED) is 0.385. The standard InChI is InChI=1S/C19H15N3O2S2/c1-2-25-19-20-11-14-13(18(23)21-17(14)22-19)10-16-15(8-9-26-16)24-12-6-4-3-5-7-12/h3-11H,2H2,1H3,(H,20,21,22,23). The van der Waals surface area contributed by atoms with Crippen molar-refractivity contribution >= 4 is 46.5 Å². The second-order valence-corrected chi connectivity index (χ2v) is 7.60. The predicted octanol–water partition coefficient (Wildman–Crippen LogP) is 4.94. The van der Waals surface area contributed by atoms with E-state index >= 15 is 0 Å². The van der Waals surface area contributed by atoms with Gasteiger partial charge in [0.25, 0.3) is 5.91 Å². The van der Waals surface area contributed by atoms with Crippen LogP contribution in [0.2, 0.25) is 0 Å². The summed E-state index contributed by atoms with van der Waals surface area (Å²) in [5.74, 6) is 2.74. The lowest BCUT2D eigenvalue weighted by molar-refractivity contribution is -0.110. The van der Waals surface area contributed by atoms with Gasteiger partial charge in [0.1, 0.15) is 17.3 Å². The Labute approximate surface area is 159 Å². The molecule has 26 heavy (non-hydrogen) atoms. The van der Waals surface area contributed by atoms with Crippen LogP contribution in [0.4, 0.5) is 5.82 Å². The van der Waals surface area contributed by atoms with Gasteiger partial charge in [-0.15, -0.1) is 11.3 Å². The minimum atomic E-state index is -0.174. The van der Waals surface area contributed by atoms with E-state index in [2.05, 4.69) is 15.3 Å². The van der Waals surface area contributed by atoms with E-state index < -0.39 is 0 Å². The molecule has 3 heterocycles. The molecule has 2 aromatic heterocycles. The summed E-state index contributed by atoms with van der Waals surface area (Å²) in [4.78, 5) is 22.0. The lowest BCUT2D eigenvalue weighted by Gasteiger charge is -2.05. The first-order valence-electron chi connectivity index (χ1n) is 8.08. The minimum Gasteiger partial charge on any atom is -0.456 e. The van der Waals surface area contributed by atoms with Crippen LogP contribution in [-0.2, 0) is 4.79 Å². The van der Waals surface area contributed by atoms with Gasteiger partial charge in [0, 0.05) is 11.8 Å². The number of nitrogens with one attached hydrogen (secondary N) is 1. The van der Waals surface area contributed by atoms with Crippen LogP contribution in [0.25, 0.3) is 11.6 Å². The summed E-state index contributed by atoms with van der Waals surface area (Å²) in [5.41, 5.74) is 1.27. The molecule has 1 aliphatic heterocycles. The van der Waals surface area contributed by atoms with Crippen LogP contribution >= 0.6 is 23.1 Å². The number of nitrogens with zero attached hydrogens (tertiary/aromatic N) is 2. The Bertz CT molecular complexity index is 983. The van der Waals surface area contributed by atoms with Gasteiger partial charge in [0.15, 0.2) is 5.16 Å². The molecule has 0 saturated heterocycles. The van der Waals surface area contributed by atoms with Gasteiger partial charge in [-0.3, -0.25) is 4.79 Å². The van der Waals surface area contributed by atoms with Gasteiger partial charge in [0.05, 0.1) is 10.5 Å². The van der Waals surface area contributed by atoms with Crippen molar-refractivity contribution in [3.63, 3.8) is 0 Å². The van der Waals surface area contributed by atoms with Gasteiger partial charge in [-0.2, -0.15) is 0 Å². The molecule has 0 spiro atoms. The summed E-state index contributed by atoms with van der Waals surface area (Å²) in [6.07, 6.45) is 3.54. The van der Waals surface area contributed by atoms with E-state index in [9.17, 15) is 4.79 Å². The third-order valence-electron chi connectivity index (χ3n) is 3.71. The maximum Gasteiger partial charge on any atom is 0.257 e. The lowest BCUT2D eigenvalue weighted by Crippen LogP contribution is -2.04. The minimum absolute atomic E-state index is 0.174. The van der Waals surface area contributed by atoms with Gasteiger partial charge in [-0.25, -0.2) is 9.97 Å². The first-order chi connectivity index (χ1) is 12.7. The number of ether oxygens (including phenoxy) is 1. The summed E-state index contributed by atoms with van der Waals surface area (Å²) in [6.45, 7) is 2.04. The number of para-hydroxylation sites is 1. The average molecular weight is 381 g/mol. The number of aromatic nitrogens is 2. The Hall–Kier alpha value is -2.64. The highest BCUT2D eigenvalue weighted by molar-refractivity contribution is 7.99. The van der Waals surface area contributed by atoms with E-state index in [1.165, 1.54) is 11.3 Å². The highest BCUT2D eigenvalue weighted by Crippen LogP contribution is 2.37. The van der Waals surface area contributed by atoms with E-state index in [0.29, 0.717) is 22.3 Å². The second kappa shape index (κ2) is 7.31. The van der Waals surface area contributed by atoms with E-state index in [0.717, 1.165) is 21.9 Å². The monoisotopic (exact) mass is 381 g/mol. The number of thioether (sulfide) groups is 1. The van der Waals surface area contributed by atoms with Gasteiger partial charge < -0.3 is 10.1 Å². The van der Waals surface area contributed by atoms with E-state index in [4.69, 9.17) is 4.74 Å². The number of carbonyl (C=O) groups excluding carboxylic acids is 1. The van der Waals surface area contributed by atoms with E-state index in [1.807, 2.05) is 54.8 Å². The van der Waals surface area contributed by atoms with E-state index in [1.54, 1.807) is 18.0 Å². The normalized spacial score (nSPS) is 14.3. The molecular formula is C19H15N3O2S2. The van der Waals surface area contributed by atoms with Crippen molar-refractivity contribution in [2.45, 2.75) is 12.1 Å². The zero-order valence-electron chi connectivity index (χ0n) is 13.9. The molecule has 0 aliphatic carbocycles. The molecule has 0 saturated carbocycles. The van der Waals surface area contributed by atoms with Crippen LogP contribution in [-0.4, -0.2) is 21.6 Å². The third kappa shape index (κ3) is 3.36. The fourth-order valence-electron chi connectivity index (χ4n) is 2.54. The van der Waals surface area contributed by atoms with Crippen molar-refractivity contribution in [1.29, 1.82) is 0 Å². The maximum atomic E-state index is 12.4. The van der Waals surface area contributed by atoms with Crippen molar-refractivity contribution < 1.29 is 9.53 Å². The van der Waals surface area contributed by atoms with Crippen molar-refractivity contribution in [1.82, 2.24) is 9.97 Å².